The monoisotopic (exact) mass is 343 g/mol. The third-order valence-electron chi connectivity index (χ3n) is 4.65. The van der Waals surface area contributed by atoms with E-state index in [-0.39, 0.29) is 17.9 Å². The number of hydrogen-bond acceptors (Lipinski definition) is 2. The van der Waals surface area contributed by atoms with Crippen molar-refractivity contribution in [2.24, 2.45) is 0 Å². The fourth-order valence-electron chi connectivity index (χ4n) is 3.26. The molecular formula is C20H22ClNO2. The summed E-state index contributed by atoms with van der Waals surface area (Å²) in [6.45, 7) is 1.27. The van der Waals surface area contributed by atoms with E-state index in [0.29, 0.717) is 37.4 Å². The number of rotatable bonds is 4. The highest BCUT2D eigenvalue weighted by atomic mass is 35.5. The standard InChI is InChI=1S/C20H22ClNO2/c21-17-8-4-7-16(13-17)19(15-5-2-1-3-6-15)14-20(24)22-11-9-18(23)10-12-22/h1-8,13,18-19,23H,9-12,14H2. The largest absolute Gasteiger partial charge is 0.393 e. The third-order valence-corrected chi connectivity index (χ3v) is 4.88. The Bertz CT molecular complexity index is 681. The van der Waals surface area contributed by atoms with Gasteiger partial charge in [0.05, 0.1) is 6.10 Å². The first-order valence-corrected chi connectivity index (χ1v) is 8.77. The molecule has 4 heteroatoms. The Hall–Kier alpha value is -1.84. The van der Waals surface area contributed by atoms with Crippen LogP contribution < -0.4 is 0 Å². The number of likely N-dealkylation sites (tertiary alicyclic amines) is 1. The van der Waals surface area contributed by atoms with Gasteiger partial charge in [-0.25, -0.2) is 0 Å². The summed E-state index contributed by atoms with van der Waals surface area (Å²) in [7, 11) is 0. The van der Waals surface area contributed by atoms with E-state index in [1.807, 2.05) is 47.4 Å². The van der Waals surface area contributed by atoms with Crippen LogP contribution in [0.2, 0.25) is 5.02 Å². The average molecular weight is 344 g/mol. The normalized spacial score (nSPS) is 16.8. The summed E-state index contributed by atoms with van der Waals surface area (Å²) in [4.78, 5) is 14.6. The number of aliphatic hydroxyl groups excluding tert-OH is 1. The van der Waals surface area contributed by atoms with Crippen molar-refractivity contribution >= 4 is 17.5 Å². The highest BCUT2D eigenvalue weighted by Crippen LogP contribution is 2.30. The summed E-state index contributed by atoms with van der Waals surface area (Å²) in [6, 6.07) is 17.8. The first kappa shape index (κ1) is 17.0. The van der Waals surface area contributed by atoms with Crippen molar-refractivity contribution in [2.45, 2.75) is 31.3 Å². The number of amides is 1. The summed E-state index contributed by atoms with van der Waals surface area (Å²) in [5, 5.41) is 10.3. The van der Waals surface area contributed by atoms with Gasteiger partial charge < -0.3 is 10.0 Å². The van der Waals surface area contributed by atoms with Crippen LogP contribution in [0.3, 0.4) is 0 Å². The van der Waals surface area contributed by atoms with E-state index in [1.54, 1.807) is 0 Å². The molecule has 126 valence electrons. The van der Waals surface area contributed by atoms with E-state index in [1.165, 1.54) is 0 Å². The van der Waals surface area contributed by atoms with E-state index in [2.05, 4.69) is 12.1 Å². The second kappa shape index (κ2) is 7.82. The number of piperidine rings is 1. The van der Waals surface area contributed by atoms with Crippen LogP contribution in [0.1, 0.15) is 36.3 Å². The van der Waals surface area contributed by atoms with Crippen LogP contribution in [0.5, 0.6) is 0 Å². The van der Waals surface area contributed by atoms with Gasteiger partial charge in [0.2, 0.25) is 5.91 Å². The van der Waals surface area contributed by atoms with Crippen LogP contribution in [-0.2, 0) is 4.79 Å². The molecule has 3 rings (SSSR count). The number of benzene rings is 2. The minimum atomic E-state index is -0.271. The van der Waals surface area contributed by atoms with Crippen LogP contribution >= 0.6 is 11.6 Å². The Labute approximate surface area is 147 Å². The molecule has 0 aromatic heterocycles. The first-order valence-electron chi connectivity index (χ1n) is 8.40. The van der Waals surface area contributed by atoms with Gasteiger partial charge in [0, 0.05) is 30.5 Å². The molecular weight excluding hydrogens is 322 g/mol. The predicted octanol–water partition coefficient (Wildman–Crippen LogP) is 3.85. The van der Waals surface area contributed by atoms with Crippen molar-refractivity contribution in [2.75, 3.05) is 13.1 Å². The van der Waals surface area contributed by atoms with E-state index in [4.69, 9.17) is 11.6 Å². The molecule has 0 radical (unpaired) electrons. The molecule has 0 aliphatic carbocycles. The van der Waals surface area contributed by atoms with Gasteiger partial charge in [-0.15, -0.1) is 0 Å². The Balaban J connectivity index is 1.81. The Kier molecular flexibility index (Phi) is 5.54. The zero-order chi connectivity index (χ0) is 16.9. The highest BCUT2D eigenvalue weighted by Gasteiger charge is 2.25. The molecule has 24 heavy (non-hydrogen) atoms. The molecule has 2 aromatic carbocycles. The molecule has 1 N–H and O–H groups in total. The maximum atomic E-state index is 12.8. The average Bonchev–Trinajstić information content (AvgIpc) is 2.61. The van der Waals surface area contributed by atoms with Gasteiger partial charge in [0.25, 0.3) is 0 Å². The van der Waals surface area contributed by atoms with E-state index < -0.39 is 0 Å². The van der Waals surface area contributed by atoms with Crippen molar-refractivity contribution in [1.29, 1.82) is 0 Å². The van der Waals surface area contributed by atoms with Crippen molar-refractivity contribution in [3.8, 4) is 0 Å². The fourth-order valence-corrected chi connectivity index (χ4v) is 3.45. The second-order valence-corrected chi connectivity index (χ2v) is 6.77. The first-order chi connectivity index (χ1) is 11.6. The molecule has 1 amide bonds. The van der Waals surface area contributed by atoms with Crippen LogP contribution in [-0.4, -0.2) is 35.1 Å². The molecule has 2 aromatic rings. The number of carbonyl (C=O) groups excluding carboxylic acids is 1. The Morgan fingerprint density at radius 1 is 1.08 bits per heavy atom. The van der Waals surface area contributed by atoms with Gasteiger partial charge in [-0.1, -0.05) is 54.1 Å². The molecule has 1 aliphatic heterocycles. The van der Waals surface area contributed by atoms with Crippen LogP contribution in [0, 0.1) is 0 Å². The lowest BCUT2D eigenvalue weighted by Crippen LogP contribution is -2.40. The Morgan fingerprint density at radius 3 is 2.42 bits per heavy atom. The smallest absolute Gasteiger partial charge is 0.223 e. The van der Waals surface area contributed by atoms with Crippen molar-refractivity contribution < 1.29 is 9.90 Å². The number of aliphatic hydroxyl groups is 1. The predicted molar refractivity (Wildman–Crippen MR) is 96.2 cm³/mol. The van der Waals surface area contributed by atoms with E-state index >= 15 is 0 Å². The fraction of sp³-hybridized carbons (Fsp3) is 0.350. The van der Waals surface area contributed by atoms with Crippen molar-refractivity contribution in [3.63, 3.8) is 0 Å². The van der Waals surface area contributed by atoms with Crippen LogP contribution in [0.15, 0.2) is 54.6 Å². The zero-order valence-corrected chi connectivity index (χ0v) is 14.3. The molecule has 1 aliphatic rings. The number of carbonyl (C=O) groups is 1. The molecule has 0 bridgehead atoms. The van der Waals surface area contributed by atoms with Crippen molar-refractivity contribution in [1.82, 2.24) is 4.90 Å². The molecule has 0 spiro atoms. The summed E-state index contributed by atoms with van der Waals surface area (Å²) in [5.74, 6) is 0.125. The molecule has 1 atom stereocenters. The molecule has 1 fully saturated rings. The highest BCUT2D eigenvalue weighted by molar-refractivity contribution is 6.30. The van der Waals surface area contributed by atoms with Gasteiger partial charge in [-0.2, -0.15) is 0 Å². The lowest BCUT2D eigenvalue weighted by atomic mass is 9.88. The zero-order valence-electron chi connectivity index (χ0n) is 13.6. The number of halogens is 1. The van der Waals surface area contributed by atoms with Crippen LogP contribution in [0.4, 0.5) is 0 Å². The quantitative estimate of drug-likeness (QED) is 0.916. The molecule has 1 heterocycles. The summed E-state index contributed by atoms with van der Waals surface area (Å²) < 4.78 is 0. The lowest BCUT2D eigenvalue weighted by Gasteiger charge is -2.31. The number of nitrogens with zero attached hydrogens (tertiary/aromatic N) is 1. The second-order valence-electron chi connectivity index (χ2n) is 6.33. The maximum absolute atomic E-state index is 12.8. The summed E-state index contributed by atoms with van der Waals surface area (Å²) in [6.07, 6.45) is 1.48. The number of hydrogen-bond donors (Lipinski definition) is 1. The summed E-state index contributed by atoms with van der Waals surface area (Å²) >= 11 is 6.15. The van der Waals surface area contributed by atoms with Crippen LogP contribution in [0.25, 0.3) is 0 Å². The van der Waals surface area contributed by atoms with E-state index in [0.717, 1.165) is 11.1 Å². The molecule has 0 saturated carbocycles. The summed E-state index contributed by atoms with van der Waals surface area (Å²) in [5.41, 5.74) is 2.17. The van der Waals surface area contributed by atoms with Crippen molar-refractivity contribution in [3.05, 3.63) is 70.7 Å². The van der Waals surface area contributed by atoms with Gasteiger partial charge >= 0.3 is 0 Å². The molecule has 3 nitrogen and oxygen atoms in total. The SMILES string of the molecule is O=C(CC(c1ccccc1)c1cccc(Cl)c1)N1CCC(O)CC1. The third kappa shape index (κ3) is 4.16. The minimum absolute atomic E-state index is 0.00995. The Morgan fingerprint density at radius 2 is 1.75 bits per heavy atom. The molecule has 1 unspecified atom stereocenters. The topological polar surface area (TPSA) is 40.5 Å². The van der Waals surface area contributed by atoms with Gasteiger partial charge in [-0.3, -0.25) is 4.79 Å². The molecule has 1 saturated heterocycles. The van der Waals surface area contributed by atoms with Gasteiger partial charge in [0.15, 0.2) is 0 Å². The van der Waals surface area contributed by atoms with Gasteiger partial charge in [-0.05, 0) is 36.1 Å². The van der Waals surface area contributed by atoms with Gasteiger partial charge in [0.1, 0.15) is 0 Å². The lowest BCUT2D eigenvalue weighted by molar-refractivity contribution is -0.133. The maximum Gasteiger partial charge on any atom is 0.223 e. The minimum Gasteiger partial charge on any atom is -0.393 e. The van der Waals surface area contributed by atoms with E-state index in [9.17, 15) is 9.90 Å².